The van der Waals surface area contributed by atoms with E-state index in [1.807, 2.05) is 29.2 Å². The molecule has 2 aromatic rings. The number of rotatable bonds is 5. The lowest BCUT2D eigenvalue weighted by atomic mass is 9.71. The molecule has 3 heterocycles. The van der Waals surface area contributed by atoms with Gasteiger partial charge in [0.05, 0.1) is 6.42 Å². The highest BCUT2D eigenvalue weighted by molar-refractivity contribution is 5.97. The largest absolute Gasteiger partial charge is 0.483 e. The zero-order valence-electron chi connectivity index (χ0n) is 21.5. The van der Waals surface area contributed by atoms with E-state index in [4.69, 9.17) is 10.5 Å². The number of piperidine rings is 2. The number of nitrogens with two attached hydrogens (primary N) is 1. The number of para-hydroxylation sites is 1. The molecular formula is C30H37N3O3. The average Bonchev–Trinajstić information content (AvgIpc) is 2.86. The highest BCUT2D eigenvalue weighted by Crippen LogP contribution is 2.42. The van der Waals surface area contributed by atoms with Crippen LogP contribution in [0.15, 0.2) is 48.5 Å². The average molecular weight is 488 g/mol. The van der Waals surface area contributed by atoms with Crippen molar-refractivity contribution < 1.29 is 14.3 Å². The number of carbonyl (C=O) groups excluding carboxylic acids is 2. The third-order valence-corrected chi connectivity index (χ3v) is 8.19. The highest BCUT2D eigenvalue weighted by Gasteiger charge is 2.39. The third kappa shape index (κ3) is 5.19. The van der Waals surface area contributed by atoms with Crippen molar-refractivity contribution in [2.75, 3.05) is 26.2 Å². The van der Waals surface area contributed by atoms with E-state index in [1.54, 1.807) is 0 Å². The Balaban J connectivity index is 1.18. The number of carbonyl (C=O) groups is 2. The van der Waals surface area contributed by atoms with E-state index in [2.05, 4.69) is 49.1 Å². The number of amides is 2. The Hall–Kier alpha value is -3.12. The summed E-state index contributed by atoms with van der Waals surface area (Å²) in [5.41, 5.74) is 9.18. The summed E-state index contributed by atoms with van der Waals surface area (Å²) in [6.07, 6.45) is 8.79. The summed E-state index contributed by atoms with van der Waals surface area (Å²) in [6.45, 7) is 8.78. The van der Waals surface area contributed by atoms with Gasteiger partial charge in [0.2, 0.25) is 5.91 Å². The first-order chi connectivity index (χ1) is 17.2. The molecule has 0 aliphatic carbocycles. The Labute approximate surface area is 214 Å². The maximum absolute atomic E-state index is 13.2. The van der Waals surface area contributed by atoms with Crippen molar-refractivity contribution in [1.29, 1.82) is 0 Å². The Morgan fingerprint density at radius 1 is 0.917 bits per heavy atom. The number of nitrogens with zero attached hydrogens (tertiary/aromatic N) is 2. The summed E-state index contributed by atoms with van der Waals surface area (Å²) >= 11 is 0. The smallest absolute Gasteiger partial charge is 0.254 e. The minimum atomic E-state index is -0.414. The lowest BCUT2D eigenvalue weighted by Crippen LogP contribution is -2.48. The minimum Gasteiger partial charge on any atom is -0.483 e. The van der Waals surface area contributed by atoms with Crippen LogP contribution in [0.2, 0.25) is 0 Å². The summed E-state index contributed by atoms with van der Waals surface area (Å²) < 4.78 is 6.33. The van der Waals surface area contributed by atoms with Gasteiger partial charge in [0.25, 0.3) is 5.91 Å². The molecule has 6 heteroatoms. The molecule has 36 heavy (non-hydrogen) atoms. The predicted molar refractivity (Wildman–Crippen MR) is 142 cm³/mol. The van der Waals surface area contributed by atoms with Gasteiger partial charge in [-0.3, -0.25) is 14.5 Å². The molecule has 0 saturated carbocycles. The van der Waals surface area contributed by atoms with Gasteiger partial charge in [-0.25, -0.2) is 0 Å². The fourth-order valence-electron chi connectivity index (χ4n) is 5.92. The van der Waals surface area contributed by atoms with Crippen LogP contribution in [0.3, 0.4) is 0 Å². The first-order valence-corrected chi connectivity index (χ1v) is 13.1. The number of benzene rings is 2. The third-order valence-electron chi connectivity index (χ3n) is 8.19. The molecule has 3 aliphatic heterocycles. The Morgan fingerprint density at radius 2 is 1.58 bits per heavy atom. The van der Waals surface area contributed by atoms with Crippen LogP contribution in [0.4, 0.5) is 0 Å². The molecule has 0 bridgehead atoms. The first kappa shape index (κ1) is 24.6. The van der Waals surface area contributed by atoms with Crippen LogP contribution in [0.5, 0.6) is 5.75 Å². The number of fused-ring (bicyclic) bond motifs is 1. The van der Waals surface area contributed by atoms with Crippen LogP contribution >= 0.6 is 0 Å². The van der Waals surface area contributed by atoms with Crippen molar-refractivity contribution in [3.8, 4) is 5.75 Å². The second-order valence-corrected chi connectivity index (χ2v) is 11.2. The van der Waals surface area contributed by atoms with Crippen LogP contribution in [0, 0.1) is 5.41 Å². The van der Waals surface area contributed by atoms with E-state index in [9.17, 15) is 9.59 Å². The lowest BCUT2D eigenvalue weighted by Gasteiger charge is -2.47. The van der Waals surface area contributed by atoms with Crippen LogP contribution in [-0.2, 0) is 17.8 Å². The molecule has 2 fully saturated rings. The fourth-order valence-corrected chi connectivity index (χ4v) is 5.92. The summed E-state index contributed by atoms with van der Waals surface area (Å²) in [4.78, 5) is 29.2. The van der Waals surface area contributed by atoms with Crippen molar-refractivity contribution in [3.05, 3.63) is 70.8 Å². The second kappa shape index (κ2) is 9.74. The van der Waals surface area contributed by atoms with E-state index in [0.29, 0.717) is 11.0 Å². The normalized spacial score (nSPS) is 20.6. The van der Waals surface area contributed by atoms with E-state index in [-0.39, 0.29) is 17.9 Å². The first-order valence-electron chi connectivity index (χ1n) is 13.1. The molecule has 3 aliphatic rings. The van der Waals surface area contributed by atoms with Gasteiger partial charge in [0, 0.05) is 36.3 Å². The molecule has 2 amide bonds. The number of likely N-dealkylation sites (tertiary alicyclic amines) is 2. The molecule has 2 saturated heterocycles. The maximum atomic E-state index is 13.2. The Bertz CT molecular complexity index is 1170. The SMILES string of the molecule is CC1(C)C=Cc2cccc(CN3CCC4(CC3)CCN(C(=O)c3ccccc3CC(N)=O)CC4)c2O1. The summed E-state index contributed by atoms with van der Waals surface area (Å²) in [6, 6.07) is 13.8. The van der Waals surface area contributed by atoms with Gasteiger partial charge >= 0.3 is 0 Å². The van der Waals surface area contributed by atoms with Gasteiger partial charge in [-0.1, -0.05) is 42.5 Å². The summed E-state index contributed by atoms with van der Waals surface area (Å²) in [5.74, 6) is 0.626. The second-order valence-electron chi connectivity index (χ2n) is 11.2. The fraction of sp³-hybridized carbons (Fsp3) is 0.467. The van der Waals surface area contributed by atoms with E-state index in [0.717, 1.165) is 75.3 Å². The molecule has 0 unspecified atom stereocenters. The van der Waals surface area contributed by atoms with E-state index in [1.165, 1.54) is 5.56 Å². The quantitative estimate of drug-likeness (QED) is 0.678. The molecule has 6 nitrogen and oxygen atoms in total. The molecule has 5 rings (SSSR count). The molecule has 2 N–H and O–H groups in total. The van der Waals surface area contributed by atoms with Crippen LogP contribution in [0.1, 0.15) is 66.6 Å². The van der Waals surface area contributed by atoms with Crippen molar-refractivity contribution in [1.82, 2.24) is 9.80 Å². The highest BCUT2D eigenvalue weighted by atomic mass is 16.5. The van der Waals surface area contributed by atoms with Crippen molar-refractivity contribution in [2.45, 2.75) is 58.1 Å². The summed E-state index contributed by atoms with van der Waals surface area (Å²) in [7, 11) is 0. The number of hydrogen-bond acceptors (Lipinski definition) is 4. The number of hydrogen-bond donors (Lipinski definition) is 1. The van der Waals surface area contributed by atoms with Gasteiger partial charge in [-0.15, -0.1) is 0 Å². The van der Waals surface area contributed by atoms with Crippen LogP contribution < -0.4 is 10.5 Å². The van der Waals surface area contributed by atoms with Crippen molar-refractivity contribution in [3.63, 3.8) is 0 Å². The topological polar surface area (TPSA) is 75.9 Å². The molecule has 0 radical (unpaired) electrons. The Kier molecular flexibility index (Phi) is 6.64. The standard InChI is InChI=1S/C30H37N3O3/c1-29(2)11-10-22-7-5-8-24(27(22)36-29)21-32-16-12-30(13-17-32)14-18-33(19-15-30)28(35)25-9-4-3-6-23(25)20-26(31)34/h3-11H,12-21H2,1-2H3,(H2,31,34). The number of primary amides is 1. The van der Waals surface area contributed by atoms with Gasteiger partial charge in [-0.05, 0) is 75.7 Å². The van der Waals surface area contributed by atoms with Gasteiger partial charge in [-0.2, -0.15) is 0 Å². The van der Waals surface area contributed by atoms with Crippen LogP contribution in [0.25, 0.3) is 6.08 Å². The molecule has 190 valence electrons. The van der Waals surface area contributed by atoms with Gasteiger partial charge in [0.15, 0.2) is 0 Å². The zero-order valence-corrected chi connectivity index (χ0v) is 21.5. The van der Waals surface area contributed by atoms with Crippen molar-refractivity contribution >= 4 is 17.9 Å². The minimum absolute atomic E-state index is 0.0185. The predicted octanol–water partition coefficient (Wildman–Crippen LogP) is 4.42. The molecular weight excluding hydrogens is 450 g/mol. The molecule has 2 aromatic carbocycles. The van der Waals surface area contributed by atoms with E-state index < -0.39 is 5.91 Å². The zero-order chi connectivity index (χ0) is 25.3. The van der Waals surface area contributed by atoms with Gasteiger partial charge < -0.3 is 15.4 Å². The lowest BCUT2D eigenvalue weighted by molar-refractivity contribution is -0.117. The van der Waals surface area contributed by atoms with Gasteiger partial charge in [0.1, 0.15) is 11.4 Å². The molecule has 0 atom stereocenters. The molecule has 0 aromatic heterocycles. The molecule has 1 spiro atoms. The maximum Gasteiger partial charge on any atom is 0.254 e. The van der Waals surface area contributed by atoms with E-state index >= 15 is 0 Å². The summed E-state index contributed by atoms with van der Waals surface area (Å²) in [5, 5.41) is 0. The van der Waals surface area contributed by atoms with Crippen LogP contribution in [-0.4, -0.2) is 53.4 Å². The number of ether oxygens (including phenoxy) is 1. The Morgan fingerprint density at radius 3 is 2.31 bits per heavy atom. The monoisotopic (exact) mass is 487 g/mol. The van der Waals surface area contributed by atoms with Crippen molar-refractivity contribution in [2.24, 2.45) is 11.1 Å².